The Bertz CT molecular complexity index is 1180. The summed E-state index contributed by atoms with van der Waals surface area (Å²) >= 11 is 6.08. The highest BCUT2D eigenvalue weighted by atomic mass is 35.5. The Morgan fingerprint density at radius 1 is 0.926 bits per heavy atom. The smallest absolute Gasteiger partial charge is 0.136 e. The van der Waals surface area contributed by atoms with E-state index in [0.29, 0.717) is 5.02 Å². The molecule has 4 heteroatoms. The molecule has 0 aliphatic heterocycles. The van der Waals surface area contributed by atoms with Crippen molar-refractivity contribution in [2.45, 2.75) is 6.92 Å². The van der Waals surface area contributed by atoms with Gasteiger partial charge >= 0.3 is 0 Å². The van der Waals surface area contributed by atoms with E-state index in [-0.39, 0.29) is 0 Å². The fourth-order valence-electron chi connectivity index (χ4n) is 2.98. The van der Waals surface area contributed by atoms with E-state index in [1.54, 1.807) is 7.11 Å². The average Bonchev–Trinajstić information content (AvgIpc) is 2.70. The van der Waals surface area contributed by atoms with Crippen LogP contribution in [-0.4, -0.2) is 7.11 Å². The van der Waals surface area contributed by atoms with Crippen molar-refractivity contribution in [3.05, 3.63) is 88.7 Å². The average molecular weight is 376 g/mol. The number of fused-ring (bicyclic) bond motifs is 1. The lowest BCUT2D eigenvalue weighted by atomic mass is 10.1. The predicted octanol–water partition coefficient (Wildman–Crippen LogP) is 6.30. The van der Waals surface area contributed by atoms with Gasteiger partial charge in [0.2, 0.25) is 0 Å². The van der Waals surface area contributed by atoms with Crippen molar-refractivity contribution in [2.75, 3.05) is 7.11 Å². The molecule has 0 fully saturated rings. The van der Waals surface area contributed by atoms with Gasteiger partial charge in [0.1, 0.15) is 17.1 Å². The predicted molar refractivity (Wildman–Crippen MR) is 110 cm³/mol. The molecular formula is C23H18ClNO2. The Kier molecular flexibility index (Phi) is 4.69. The van der Waals surface area contributed by atoms with Crippen LogP contribution in [0.1, 0.15) is 5.56 Å². The van der Waals surface area contributed by atoms with Gasteiger partial charge in [0, 0.05) is 22.0 Å². The highest BCUT2D eigenvalue weighted by Gasteiger charge is 2.07. The zero-order valence-electron chi connectivity index (χ0n) is 15.1. The summed E-state index contributed by atoms with van der Waals surface area (Å²) in [7, 11) is 1.65. The fourth-order valence-corrected chi connectivity index (χ4v) is 3.21. The first-order chi connectivity index (χ1) is 13.1. The second-order valence-corrected chi connectivity index (χ2v) is 6.70. The van der Waals surface area contributed by atoms with Crippen LogP contribution in [0, 0.1) is 6.92 Å². The van der Waals surface area contributed by atoms with Gasteiger partial charge in [0.25, 0.3) is 0 Å². The Balaban J connectivity index is 1.94. The molecule has 0 bridgehead atoms. The highest BCUT2D eigenvalue weighted by molar-refractivity contribution is 6.30. The highest BCUT2D eigenvalue weighted by Crippen LogP contribution is 2.26. The van der Waals surface area contributed by atoms with Crippen LogP contribution in [0.5, 0.6) is 5.75 Å². The SMILES string of the molecule is COc1ccc(-c2cc(=Nc3ccc(Cl)cc3C)c3ccccc3o2)cc1. The van der Waals surface area contributed by atoms with Gasteiger partial charge in [-0.25, -0.2) is 4.99 Å². The number of benzene rings is 3. The second kappa shape index (κ2) is 7.29. The summed E-state index contributed by atoms with van der Waals surface area (Å²) in [5.74, 6) is 1.56. The maximum atomic E-state index is 6.13. The number of hydrogen-bond acceptors (Lipinski definition) is 3. The summed E-state index contributed by atoms with van der Waals surface area (Å²) in [6.07, 6.45) is 0. The monoisotopic (exact) mass is 375 g/mol. The molecule has 0 aliphatic rings. The van der Waals surface area contributed by atoms with E-state index in [4.69, 9.17) is 25.7 Å². The molecule has 3 aromatic carbocycles. The lowest BCUT2D eigenvalue weighted by molar-refractivity contribution is 0.415. The van der Waals surface area contributed by atoms with Crippen LogP contribution in [0.2, 0.25) is 5.02 Å². The van der Waals surface area contributed by atoms with Gasteiger partial charge in [0.15, 0.2) is 0 Å². The summed E-state index contributed by atoms with van der Waals surface area (Å²) in [4.78, 5) is 4.89. The maximum absolute atomic E-state index is 6.13. The molecule has 0 radical (unpaired) electrons. The molecule has 0 unspecified atom stereocenters. The van der Waals surface area contributed by atoms with Gasteiger partial charge in [-0.2, -0.15) is 0 Å². The van der Waals surface area contributed by atoms with Gasteiger partial charge < -0.3 is 9.15 Å². The van der Waals surface area contributed by atoms with Crippen LogP contribution in [0.25, 0.3) is 22.3 Å². The molecule has 4 rings (SSSR count). The number of nitrogens with zero attached hydrogens (tertiary/aromatic N) is 1. The lowest BCUT2D eigenvalue weighted by Gasteiger charge is -2.07. The normalized spacial score (nSPS) is 11.7. The molecule has 0 N–H and O–H groups in total. The molecule has 134 valence electrons. The van der Waals surface area contributed by atoms with Crippen molar-refractivity contribution >= 4 is 28.3 Å². The Hall–Kier alpha value is -3.04. The van der Waals surface area contributed by atoms with E-state index in [2.05, 4.69) is 0 Å². The molecule has 1 aromatic heterocycles. The summed E-state index contributed by atoms with van der Waals surface area (Å²) in [6, 6.07) is 23.4. The molecule has 0 atom stereocenters. The first-order valence-corrected chi connectivity index (χ1v) is 9.00. The van der Waals surface area contributed by atoms with E-state index in [1.165, 1.54) is 0 Å². The first-order valence-electron chi connectivity index (χ1n) is 8.62. The van der Waals surface area contributed by atoms with Crippen molar-refractivity contribution < 1.29 is 9.15 Å². The summed E-state index contributed by atoms with van der Waals surface area (Å²) in [6.45, 7) is 2.00. The molecule has 0 amide bonds. The van der Waals surface area contributed by atoms with Crippen molar-refractivity contribution in [1.82, 2.24) is 0 Å². The quantitative estimate of drug-likeness (QED) is 0.421. The van der Waals surface area contributed by atoms with Gasteiger partial charge in [0.05, 0.1) is 18.2 Å². The third kappa shape index (κ3) is 3.60. The van der Waals surface area contributed by atoms with E-state index < -0.39 is 0 Å². The van der Waals surface area contributed by atoms with E-state index >= 15 is 0 Å². The number of para-hydroxylation sites is 1. The molecule has 1 heterocycles. The molecule has 0 saturated carbocycles. The number of hydrogen-bond donors (Lipinski definition) is 0. The standard InChI is InChI=1S/C23H18ClNO2/c1-15-13-17(24)9-12-20(15)25-21-14-23(16-7-10-18(26-2)11-8-16)27-22-6-4-3-5-19(21)22/h3-14H,1-2H3. The number of halogens is 1. The van der Waals surface area contributed by atoms with E-state index in [0.717, 1.165) is 44.7 Å². The lowest BCUT2D eigenvalue weighted by Crippen LogP contribution is -2.03. The Morgan fingerprint density at radius 3 is 2.44 bits per heavy atom. The number of methoxy groups -OCH3 is 1. The van der Waals surface area contributed by atoms with Crippen LogP contribution in [0.3, 0.4) is 0 Å². The topological polar surface area (TPSA) is 34.7 Å². The molecule has 0 saturated heterocycles. The second-order valence-electron chi connectivity index (χ2n) is 6.26. The molecule has 0 aliphatic carbocycles. The first kappa shape index (κ1) is 17.4. The Labute approximate surface area is 162 Å². The summed E-state index contributed by atoms with van der Waals surface area (Å²) < 4.78 is 11.4. The van der Waals surface area contributed by atoms with Crippen LogP contribution in [0.15, 0.2) is 82.2 Å². The molecule has 0 spiro atoms. The maximum Gasteiger partial charge on any atom is 0.136 e. The largest absolute Gasteiger partial charge is 0.497 e. The summed E-state index contributed by atoms with van der Waals surface area (Å²) in [5.41, 5.74) is 3.66. The van der Waals surface area contributed by atoms with Crippen molar-refractivity contribution in [3.63, 3.8) is 0 Å². The molecular weight excluding hydrogens is 358 g/mol. The minimum atomic E-state index is 0.707. The van der Waals surface area contributed by atoms with Crippen LogP contribution >= 0.6 is 11.6 Å². The van der Waals surface area contributed by atoms with Gasteiger partial charge in [-0.05, 0) is 67.1 Å². The van der Waals surface area contributed by atoms with Crippen LogP contribution < -0.4 is 10.1 Å². The number of ether oxygens (including phenoxy) is 1. The van der Waals surface area contributed by atoms with Gasteiger partial charge in [-0.15, -0.1) is 0 Å². The van der Waals surface area contributed by atoms with Crippen molar-refractivity contribution in [1.29, 1.82) is 0 Å². The van der Waals surface area contributed by atoms with E-state index in [9.17, 15) is 0 Å². The van der Waals surface area contributed by atoms with Gasteiger partial charge in [-0.3, -0.25) is 0 Å². The number of aryl methyl sites for hydroxylation is 1. The Morgan fingerprint density at radius 2 is 1.70 bits per heavy atom. The van der Waals surface area contributed by atoms with Crippen molar-refractivity contribution in [2.24, 2.45) is 4.99 Å². The fraction of sp³-hybridized carbons (Fsp3) is 0.0870. The minimum absolute atomic E-state index is 0.707. The van der Waals surface area contributed by atoms with Crippen LogP contribution in [-0.2, 0) is 0 Å². The van der Waals surface area contributed by atoms with Crippen LogP contribution in [0.4, 0.5) is 5.69 Å². The van der Waals surface area contributed by atoms with E-state index in [1.807, 2.05) is 79.7 Å². The molecule has 3 nitrogen and oxygen atoms in total. The van der Waals surface area contributed by atoms with Crippen molar-refractivity contribution in [3.8, 4) is 17.1 Å². The number of rotatable bonds is 3. The molecule has 4 aromatic rings. The van der Waals surface area contributed by atoms with Gasteiger partial charge in [-0.1, -0.05) is 23.7 Å². The summed E-state index contributed by atoms with van der Waals surface area (Å²) in [5, 5.41) is 2.52. The zero-order chi connectivity index (χ0) is 18.8. The third-order valence-corrected chi connectivity index (χ3v) is 4.66. The zero-order valence-corrected chi connectivity index (χ0v) is 15.8. The third-order valence-electron chi connectivity index (χ3n) is 4.43. The minimum Gasteiger partial charge on any atom is -0.497 e. The molecule has 27 heavy (non-hydrogen) atoms.